The van der Waals surface area contributed by atoms with Crippen LogP contribution in [0.3, 0.4) is 0 Å². The smallest absolute Gasteiger partial charge is 0.337 e. The zero-order chi connectivity index (χ0) is 15.9. The molecule has 2 N–H and O–H groups in total. The second-order valence-electron chi connectivity index (χ2n) is 5.60. The van der Waals surface area contributed by atoms with Crippen molar-refractivity contribution in [3.8, 4) is 11.3 Å². The summed E-state index contributed by atoms with van der Waals surface area (Å²) >= 11 is 0. The van der Waals surface area contributed by atoms with Crippen molar-refractivity contribution in [2.75, 3.05) is 20.3 Å². The van der Waals surface area contributed by atoms with E-state index in [0.29, 0.717) is 11.4 Å². The summed E-state index contributed by atoms with van der Waals surface area (Å²) in [5, 5.41) is 10.3. The Morgan fingerprint density at radius 2 is 2.14 bits per heavy atom. The summed E-state index contributed by atoms with van der Waals surface area (Å²) in [5.74, 6) is 0.106. The Labute approximate surface area is 128 Å². The third-order valence-corrected chi connectivity index (χ3v) is 3.92. The number of methoxy groups -OCH3 is 1. The lowest BCUT2D eigenvalue weighted by Crippen LogP contribution is -2.47. The molecule has 1 aliphatic rings. The first-order valence-electron chi connectivity index (χ1n) is 7.01. The van der Waals surface area contributed by atoms with E-state index in [9.17, 15) is 9.90 Å². The first-order valence-corrected chi connectivity index (χ1v) is 7.01. The average Bonchev–Trinajstić information content (AvgIpc) is 2.86. The first-order chi connectivity index (χ1) is 10.4. The fraction of sp³-hybridized carbons (Fsp3) is 0.375. The molecular formula is C16H18N2O4. The molecule has 6 heteroatoms. The standard InChI is InChI=1S/C16H18N2O4/c1-9-4-5-11(14(19)21-3)6-12(9)13-10(2)17-15(18-13)16(20)7-22-8-16/h4-6,20H,7-8H2,1-3H3,(H,17,18). The molecule has 22 heavy (non-hydrogen) atoms. The van der Waals surface area contributed by atoms with Gasteiger partial charge in [-0.2, -0.15) is 0 Å². The zero-order valence-electron chi connectivity index (χ0n) is 12.8. The molecule has 0 amide bonds. The average molecular weight is 302 g/mol. The number of esters is 1. The Balaban J connectivity index is 2.05. The molecule has 1 saturated heterocycles. The fourth-order valence-electron chi connectivity index (χ4n) is 2.50. The second kappa shape index (κ2) is 5.23. The van der Waals surface area contributed by atoms with Crippen molar-refractivity contribution in [3.63, 3.8) is 0 Å². The molecule has 6 nitrogen and oxygen atoms in total. The van der Waals surface area contributed by atoms with Gasteiger partial charge in [-0.1, -0.05) is 6.07 Å². The molecule has 1 fully saturated rings. The molecule has 0 unspecified atom stereocenters. The monoisotopic (exact) mass is 302 g/mol. The van der Waals surface area contributed by atoms with E-state index in [4.69, 9.17) is 9.47 Å². The van der Waals surface area contributed by atoms with Crippen molar-refractivity contribution < 1.29 is 19.4 Å². The van der Waals surface area contributed by atoms with Gasteiger partial charge >= 0.3 is 5.97 Å². The Bertz CT molecular complexity index is 732. The predicted molar refractivity (Wildman–Crippen MR) is 79.6 cm³/mol. The number of carbonyl (C=O) groups is 1. The number of imidazole rings is 1. The quantitative estimate of drug-likeness (QED) is 0.843. The van der Waals surface area contributed by atoms with Gasteiger partial charge in [-0.15, -0.1) is 0 Å². The molecule has 2 heterocycles. The number of hydrogen-bond donors (Lipinski definition) is 2. The first kappa shape index (κ1) is 14.7. The third-order valence-electron chi connectivity index (χ3n) is 3.92. The number of ether oxygens (including phenoxy) is 2. The maximum atomic E-state index is 11.7. The highest BCUT2D eigenvalue weighted by Crippen LogP contribution is 2.32. The van der Waals surface area contributed by atoms with Crippen LogP contribution in [0.1, 0.15) is 27.4 Å². The number of nitrogens with zero attached hydrogens (tertiary/aromatic N) is 1. The summed E-state index contributed by atoms with van der Waals surface area (Å²) in [6.45, 7) is 4.31. The van der Waals surface area contributed by atoms with Crippen LogP contribution >= 0.6 is 0 Å². The van der Waals surface area contributed by atoms with Crippen LogP contribution < -0.4 is 0 Å². The highest BCUT2D eigenvalue weighted by molar-refractivity contribution is 5.91. The third kappa shape index (κ3) is 2.30. The van der Waals surface area contributed by atoms with Crippen LogP contribution in [0, 0.1) is 13.8 Å². The van der Waals surface area contributed by atoms with E-state index in [-0.39, 0.29) is 19.2 Å². The summed E-state index contributed by atoms with van der Waals surface area (Å²) in [4.78, 5) is 19.3. The summed E-state index contributed by atoms with van der Waals surface area (Å²) in [6.07, 6.45) is 0. The molecule has 1 aliphatic heterocycles. The molecule has 0 spiro atoms. The van der Waals surface area contributed by atoms with E-state index >= 15 is 0 Å². The Morgan fingerprint density at radius 3 is 2.73 bits per heavy atom. The lowest BCUT2D eigenvalue weighted by molar-refractivity contribution is -0.188. The molecule has 0 saturated carbocycles. The molecule has 0 bridgehead atoms. The molecule has 116 valence electrons. The number of benzene rings is 1. The number of aromatic nitrogens is 2. The summed E-state index contributed by atoms with van der Waals surface area (Å²) in [7, 11) is 1.35. The molecule has 0 radical (unpaired) electrons. The minimum absolute atomic E-state index is 0.237. The van der Waals surface area contributed by atoms with Gasteiger partial charge in [-0.05, 0) is 31.5 Å². The van der Waals surface area contributed by atoms with E-state index in [1.165, 1.54) is 7.11 Å². The predicted octanol–water partition coefficient (Wildman–Crippen LogP) is 1.70. The Hall–Kier alpha value is -2.18. The number of rotatable bonds is 3. The number of aliphatic hydroxyl groups is 1. The van der Waals surface area contributed by atoms with Crippen molar-refractivity contribution in [3.05, 3.63) is 40.8 Å². The van der Waals surface area contributed by atoms with Gasteiger partial charge < -0.3 is 19.6 Å². The van der Waals surface area contributed by atoms with E-state index < -0.39 is 5.60 Å². The van der Waals surface area contributed by atoms with E-state index in [1.54, 1.807) is 12.1 Å². The maximum Gasteiger partial charge on any atom is 0.337 e. The maximum absolute atomic E-state index is 11.7. The van der Waals surface area contributed by atoms with Crippen molar-refractivity contribution in [2.45, 2.75) is 19.4 Å². The Morgan fingerprint density at radius 1 is 1.41 bits per heavy atom. The van der Waals surface area contributed by atoms with Gasteiger partial charge in [0.1, 0.15) is 5.82 Å². The minimum Gasteiger partial charge on any atom is -0.465 e. The van der Waals surface area contributed by atoms with E-state index in [1.807, 2.05) is 19.9 Å². The number of nitrogens with one attached hydrogen (secondary N) is 1. The van der Waals surface area contributed by atoms with Crippen molar-refractivity contribution in [2.24, 2.45) is 0 Å². The van der Waals surface area contributed by atoms with Crippen molar-refractivity contribution >= 4 is 5.97 Å². The number of H-pyrrole nitrogens is 1. The van der Waals surface area contributed by atoms with Gasteiger partial charge in [0, 0.05) is 11.3 Å². The molecule has 0 aliphatic carbocycles. The number of hydrogen-bond acceptors (Lipinski definition) is 5. The van der Waals surface area contributed by atoms with Crippen LogP contribution in [-0.4, -0.2) is 41.4 Å². The topological polar surface area (TPSA) is 84.4 Å². The Kier molecular flexibility index (Phi) is 3.50. The normalized spacial score (nSPS) is 16.2. The van der Waals surface area contributed by atoms with Crippen molar-refractivity contribution in [1.82, 2.24) is 9.97 Å². The second-order valence-corrected chi connectivity index (χ2v) is 5.60. The summed E-state index contributed by atoms with van der Waals surface area (Å²) in [6, 6.07) is 5.34. The fourth-order valence-corrected chi connectivity index (χ4v) is 2.50. The van der Waals surface area contributed by atoms with Gasteiger partial charge in [-0.3, -0.25) is 0 Å². The van der Waals surface area contributed by atoms with Crippen molar-refractivity contribution in [1.29, 1.82) is 0 Å². The van der Waals surface area contributed by atoms with E-state index in [2.05, 4.69) is 9.97 Å². The van der Waals surface area contributed by atoms with Gasteiger partial charge in [0.2, 0.25) is 0 Å². The lowest BCUT2D eigenvalue weighted by atomic mass is 10.0. The number of aryl methyl sites for hydroxylation is 2. The highest BCUT2D eigenvalue weighted by atomic mass is 16.5. The van der Waals surface area contributed by atoms with Crippen LogP contribution in [0.15, 0.2) is 18.2 Å². The lowest BCUT2D eigenvalue weighted by Gasteiger charge is -2.34. The number of carbonyl (C=O) groups excluding carboxylic acids is 1. The largest absolute Gasteiger partial charge is 0.465 e. The number of aromatic amines is 1. The van der Waals surface area contributed by atoms with Gasteiger partial charge in [0.25, 0.3) is 0 Å². The molecule has 1 aromatic heterocycles. The zero-order valence-corrected chi connectivity index (χ0v) is 12.8. The summed E-state index contributed by atoms with van der Waals surface area (Å²) in [5.41, 5.74) is 2.81. The van der Waals surface area contributed by atoms with Gasteiger partial charge in [0.05, 0.1) is 31.6 Å². The van der Waals surface area contributed by atoms with Gasteiger partial charge in [0.15, 0.2) is 5.60 Å². The molecule has 0 atom stereocenters. The highest BCUT2D eigenvalue weighted by Gasteiger charge is 2.41. The minimum atomic E-state index is -1.04. The van der Waals surface area contributed by atoms with Crippen LogP contribution in [0.4, 0.5) is 0 Å². The van der Waals surface area contributed by atoms with Crippen LogP contribution in [-0.2, 0) is 15.1 Å². The van der Waals surface area contributed by atoms with Crippen LogP contribution in [0.2, 0.25) is 0 Å². The molecule has 1 aromatic carbocycles. The summed E-state index contributed by atoms with van der Waals surface area (Å²) < 4.78 is 9.82. The SMILES string of the molecule is COC(=O)c1ccc(C)c(-c2nc(C3(O)COC3)[nH]c2C)c1. The molecule has 3 rings (SSSR count). The molecular weight excluding hydrogens is 284 g/mol. The van der Waals surface area contributed by atoms with E-state index in [0.717, 1.165) is 22.5 Å². The van der Waals surface area contributed by atoms with Crippen LogP contribution in [0.25, 0.3) is 11.3 Å². The molecule has 2 aromatic rings. The van der Waals surface area contributed by atoms with Gasteiger partial charge in [-0.25, -0.2) is 9.78 Å². The van der Waals surface area contributed by atoms with Crippen LogP contribution in [0.5, 0.6) is 0 Å².